The zero-order valence-corrected chi connectivity index (χ0v) is 16.6. The number of hydrogen-bond acceptors (Lipinski definition) is 4. The van der Waals surface area contributed by atoms with Crippen LogP contribution in [0.4, 0.5) is 0 Å². The average molecular weight is 387 g/mol. The molecule has 2 aromatic heterocycles. The van der Waals surface area contributed by atoms with Crippen molar-refractivity contribution in [1.29, 1.82) is 0 Å². The number of fused-ring (bicyclic) bond motifs is 1. The fourth-order valence-corrected chi connectivity index (χ4v) is 4.84. The van der Waals surface area contributed by atoms with E-state index in [1.807, 2.05) is 38.1 Å². The smallest absolute Gasteiger partial charge is 0.243 e. The molecular weight excluding hydrogens is 360 g/mol. The van der Waals surface area contributed by atoms with Crippen molar-refractivity contribution in [2.45, 2.75) is 38.1 Å². The summed E-state index contributed by atoms with van der Waals surface area (Å²) in [4.78, 5) is 7.87. The molecule has 1 saturated heterocycles. The van der Waals surface area contributed by atoms with Crippen LogP contribution in [0.25, 0.3) is 22.2 Å². The fourth-order valence-electron chi connectivity index (χ4n) is 3.33. The highest BCUT2D eigenvalue weighted by molar-refractivity contribution is 7.89. The highest BCUT2D eigenvalue weighted by Gasteiger charge is 2.27. The molecule has 0 atom stereocenters. The molecule has 3 aromatic rings. The number of nitrogens with one attached hydrogen (secondary N) is 1. The number of sulfonamides is 1. The molecule has 1 aliphatic heterocycles. The molecule has 0 radical (unpaired) electrons. The summed E-state index contributed by atoms with van der Waals surface area (Å²) in [5, 5.41) is 0.984. The molecule has 7 heteroatoms. The summed E-state index contributed by atoms with van der Waals surface area (Å²) in [5.74, 6) is 0. The lowest BCUT2D eigenvalue weighted by Gasteiger charge is -2.15. The Hall–Kier alpha value is -2.22. The van der Waals surface area contributed by atoms with Crippen molar-refractivity contribution in [1.82, 2.24) is 14.3 Å². The van der Waals surface area contributed by atoms with Crippen molar-refractivity contribution in [3.05, 3.63) is 48.3 Å². The van der Waals surface area contributed by atoms with Gasteiger partial charge in [-0.05, 0) is 48.2 Å². The van der Waals surface area contributed by atoms with E-state index in [9.17, 15) is 8.42 Å². The molecule has 3 N–H and O–H groups in total. The second-order valence-corrected chi connectivity index (χ2v) is 8.19. The Kier molecular flexibility index (Phi) is 5.94. The molecular formula is C20H26N4O2S. The van der Waals surface area contributed by atoms with Crippen molar-refractivity contribution in [2.24, 2.45) is 5.73 Å². The first-order chi connectivity index (χ1) is 13.1. The third-order valence-corrected chi connectivity index (χ3v) is 6.59. The van der Waals surface area contributed by atoms with E-state index in [0.29, 0.717) is 24.5 Å². The summed E-state index contributed by atoms with van der Waals surface area (Å²) in [6.45, 7) is 5.64. The Bertz CT molecular complexity index is 1000. The van der Waals surface area contributed by atoms with E-state index < -0.39 is 10.0 Å². The SMILES string of the molecule is CC.NCc1cc2c(-c3ccc(S(=O)(=O)N4CCCC4)cc3)ccnc2[nH]1. The van der Waals surface area contributed by atoms with E-state index in [0.717, 1.165) is 40.7 Å². The predicted octanol–water partition coefficient (Wildman–Crippen LogP) is 3.50. The number of H-pyrrole nitrogens is 1. The first kappa shape index (κ1) is 19.5. The Morgan fingerprint density at radius 3 is 2.41 bits per heavy atom. The largest absolute Gasteiger partial charge is 0.342 e. The second-order valence-electron chi connectivity index (χ2n) is 6.26. The van der Waals surface area contributed by atoms with Crippen LogP contribution in [0.1, 0.15) is 32.4 Å². The van der Waals surface area contributed by atoms with E-state index >= 15 is 0 Å². The summed E-state index contributed by atoms with van der Waals surface area (Å²) >= 11 is 0. The molecule has 4 rings (SSSR count). The third kappa shape index (κ3) is 3.76. The lowest BCUT2D eigenvalue weighted by atomic mass is 10.0. The van der Waals surface area contributed by atoms with E-state index in [1.54, 1.807) is 22.6 Å². The quantitative estimate of drug-likeness (QED) is 0.718. The van der Waals surface area contributed by atoms with Crippen LogP contribution in [0.5, 0.6) is 0 Å². The van der Waals surface area contributed by atoms with Gasteiger partial charge < -0.3 is 10.7 Å². The number of hydrogen-bond donors (Lipinski definition) is 2. The van der Waals surface area contributed by atoms with Gasteiger partial charge in [-0.1, -0.05) is 26.0 Å². The van der Waals surface area contributed by atoms with E-state index in [4.69, 9.17) is 5.73 Å². The molecule has 1 aromatic carbocycles. The molecule has 0 bridgehead atoms. The molecule has 3 heterocycles. The number of rotatable bonds is 4. The molecule has 0 aliphatic carbocycles. The van der Waals surface area contributed by atoms with Crippen molar-refractivity contribution >= 4 is 21.1 Å². The van der Waals surface area contributed by atoms with E-state index in [2.05, 4.69) is 9.97 Å². The summed E-state index contributed by atoms with van der Waals surface area (Å²) in [6.07, 6.45) is 3.61. The number of aromatic nitrogens is 2. The summed E-state index contributed by atoms with van der Waals surface area (Å²) in [6, 6.07) is 11.0. The van der Waals surface area contributed by atoms with E-state index in [1.165, 1.54) is 0 Å². The van der Waals surface area contributed by atoms with Crippen molar-refractivity contribution < 1.29 is 8.42 Å². The van der Waals surface area contributed by atoms with Gasteiger partial charge in [-0.25, -0.2) is 13.4 Å². The molecule has 0 saturated carbocycles. The van der Waals surface area contributed by atoms with Crippen LogP contribution >= 0.6 is 0 Å². The van der Waals surface area contributed by atoms with Gasteiger partial charge in [-0.2, -0.15) is 4.31 Å². The first-order valence-electron chi connectivity index (χ1n) is 9.37. The zero-order valence-electron chi connectivity index (χ0n) is 15.8. The van der Waals surface area contributed by atoms with Crippen molar-refractivity contribution in [3.8, 4) is 11.1 Å². The Morgan fingerprint density at radius 2 is 1.78 bits per heavy atom. The van der Waals surface area contributed by atoms with Crippen LogP contribution in [0, 0.1) is 0 Å². The lowest BCUT2D eigenvalue weighted by molar-refractivity contribution is 0.477. The predicted molar refractivity (Wildman–Crippen MR) is 109 cm³/mol. The van der Waals surface area contributed by atoms with Gasteiger partial charge in [0.25, 0.3) is 0 Å². The van der Waals surface area contributed by atoms with Gasteiger partial charge in [-0.15, -0.1) is 0 Å². The first-order valence-corrected chi connectivity index (χ1v) is 10.8. The van der Waals surface area contributed by atoms with Crippen molar-refractivity contribution in [2.75, 3.05) is 13.1 Å². The normalized spacial score (nSPS) is 14.9. The fraction of sp³-hybridized carbons (Fsp3) is 0.350. The van der Waals surface area contributed by atoms with Gasteiger partial charge in [0.15, 0.2) is 0 Å². The van der Waals surface area contributed by atoms with Gasteiger partial charge in [0.2, 0.25) is 10.0 Å². The molecule has 0 amide bonds. The summed E-state index contributed by atoms with van der Waals surface area (Å²) < 4.78 is 26.8. The Morgan fingerprint density at radius 1 is 1.11 bits per heavy atom. The molecule has 6 nitrogen and oxygen atoms in total. The number of pyridine rings is 1. The zero-order chi connectivity index (χ0) is 19.4. The standard InChI is InChI=1S/C18H20N4O2S.C2H6/c19-12-14-11-17-16(7-8-20-18(17)21-14)13-3-5-15(6-4-13)25(23,24)22-9-1-2-10-22;1-2/h3-8,11H,1-2,9-10,12,19H2,(H,20,21);1-2H3. The highest BCUT2D eigenvalue weighted by atomic mass is 32.2. The Balaban J connectivity index is 0.00000102. The minimum absolute atomic E-state index is 0.347. The molecule has 1 fully saturated rings. The van der Waals surface area contributed by atoms with Crippen LogP contribution < -0.4 is 5.73 Å². The summed E-state index contributed by atoms with van der Waals surface area (Å²) in [5.41, 5.74) is 9.36. The molecule has 144 valence electrons. The minimum Gasteiger partial charge on any atom is -0.342 e. The third-order valence-electron chi connectivity index (χ3n) is 4.68. The van der Waals surface area contributed by atoms with Gasteiger partial charge in [0.1, 0.15) is 5.65 Å². The van der Waals surface area contributed by atoms with Crippen LogP contribution in [-0.4, -0.2) is 35.8 Å². The topological polar surface area (TPSA) is 92.1 Å². The number of nitrogens with two attached hydrogens (primary N) is 1. The van der Waals surface area contributed by atoms with E-state index in [-0.39, 0.29) is 0 Å². The monoisotopic (exact) mass is 386 g/mol. The molecule has 27 heavy (non-hydrogen) atoms. The maximum atomic E-state index is 12.6. The van der Waals surface area contributed by atoms with Crippen molar-refractivity contribution in [3.63, 3.8) is 0 Å². The van der Waals surface area contributed by atoms with Gasteiger partial charge >= 0.3 is 0 Å². The van der Waals surface area contributed by atoms with Crippen LogP contribution in [0.3, 0.4) is 0 Å². The number of aromatic amines is 1. The molecule has 1 aliphatic rings. The van der Waals surface area contributed by atoms with Crippen LogP contribution in [-0.2, 0) is 16.6 Å². The number of benzene rings is 1. The lowest BCUT2D eigenvalue weighted by Crippen LogP contribution is -2.27. The summed E-state index contributed by atoms with van der Waals surface area (Å²) in [7, 11) is -3.38. The molecule has 0 unspecified atom stereocenters. The maximum absolute atomic E-state index is 12.6. The average Bonchev–Trinajstić information content (AvgIpc) is 3.39. The van der Waals surface area contributed by atoms with Gasteiger partial charge in [0, 0.05) is 36.9 Å². The molecule has 0 spiro atoms. The second kappa shape index (κ2) is 8.21. The van der Waals surface area contributed by atoms with Gasteiger partial charge in [0.05, 0.1) is 4.90 Å². The van der Waals surface area contributed by atoms with Crippen LogP contribution in [0.15, 0.2) is 47.5 Å². The van der Waals surface area contributed by atoms with Crippen LogP contribution in [0.2, 0.25) is 0 Å². The van der Waals surface area contributed by atoms with Gasteiger partial charge in [-0.3, -0.25) is 0 Å². The minimum atomic E-state index is -3.38. The highest BCUT2D eigenvalue weighted by Crippen LogP contribution is 2.29. The maximum Gasteiger partial charge on any atom is 0.243 e. The Labute approximate surface area is 160 Å². The number of nitrogens with zero attached hydrogens (tertiary/aromatic N) is 2.